The molecule has 0 aromatic heterocycles. The minimum absolute atomic E-state index is 0.0276. The molecule has 0 aliphatic heterocycles. The van der Waals surface area contributed by atoms with E-state index in [0.29, 0.717) is 18.6 Å². The maximum absolute atomic E-state index is 11.6. The van der Waals surface area contributed by atoms with Crippen LogP contribution in [0.15, 0.2) is 12.2 Å². The van der Waals surface area contributed by atoms with Crippen molar-refractivity contribution in [2.75, 3.05) is 0 Å². The van der Waals surface area contributed by atoms with Gasteiger partial charge < -0.3 is 5.32 Å². The smallest absolute Gasteiger partial charge is 0.243 e. The number of ketones is 1. The van der Waals surface area contributed by atoms with E-state index in [1.54, 1.807) is 6.08 Å². The van der Waals surface area contributed by atoms with E-state index in [4.69, 9.17) is 0 Å². The SMILES string of the molecule is CC(C)(C)/C=C\C(=O)NC1CCC(=O)CC1. The second-order valence-electron chi connectivity index (χ2n) is 5.52. The standard InChI is InChI=1S/C13H21NO2/c1-13(2,3)9-8-12(16)14-10-4-6-11(15)7-5-10/h8-10H,4-7H2,1-3H3,(H,14,16)/b9-8-. The Morgan fingerprint density at radius 2 is 1.88 bits per heavy atom. The van der Waals surface area contributed by atoms with Gasteiger partial charge in [-0.15, -0.1) is 0 Å². The average Bonchev–Trinajstić information content (AvgIpc) is 2.18. The third-order valence-electron chi connectivity index (χ3n) is 2.62. The molecule has 1 rings (SSSR count). The number of carbonyl (C=O) groups excluding carboxylic acids is 2. The second-order valence-corrected chi connectivity index (χ2v) is 5.52. The lowest BCUT2D eigenvalue weighted by Crippen LogP contribution is -2.36. The number of nitrogens with one attached hydrogen (secondary N) is 1. The molecule has 1 N–H and O–H groups in total. The fourth-order valence-electron chi connectivity index (χ4n) is 1.66. The molecule has 16 heavy (non-hydrogen) atoms. The van der Waals surface area contributed by atoms with Crippen LogP contribution in [0.5, 0.6) is 0 Å². The Morgan fingerprint density at radius 3 is 2.38 bits per heavy atom. The zero-order chi connectivity index (χ0) is 12.2. The normalized spacial score (nSPS) is 19.1. The highest BCUT2D eigenvalue weighted by Gasteiger charge is 2.19. The quantitative estimate of drug-likeness (QED) is 0.730. The Kier molecular flexibility index (Phi) is 4.27. The highest BCUT2D eigenvalue weighted by molar-refractivity contribution is 5.88. The molecular formula is C13H21NO2. The van der Waals surface area contributed by atoms with Gasteiger partial charge in [-0.05, 0) is 24.3 Å². The fourth-order valence-corrected chi connectivity index (χ4v) is 1.66. The Labute approximate surface area is 97.3 Å². The molecule has 0 unspecified atom stereocenters. The van der Waals surface area contributed by atoms with Gasteiger partial charge in [0.2, 0.25) is 5.91 Å². The molecule has 1 saturated carbocycles. The molecule has 0 saturated heterocycles. The first-order valence-corrected chi connectivity index (χ1v) is 5.88. The predicted octanol–water partition coefficient (Wildman–Crippen LogP) is 2.22. The third kappa shape index (κ3) is 5.10. The summed E-state index contributed by atoms with van der Waals surface area (Å²) >= 11 is 0. The number of rotatable bonds is 2. The lowest BCUT2D eigenvalue weighted by atomic mass is 9.94. The monoisotopic (exact) mass is 223 g/mol. The van der Waals surface area contributed by atoms with Crippen LogP contribution < -0.4 is 5.32 Å². The summed E-state index contributed by atoms with van der Waals surface area (Å²) in [4.78, 5) is 22.6. The van der Waals surface area contributed by atoms with Crippen LogP contribution in [0.2, 0.25) is 0 Å². The molecule has 1 aliphatic rings. The zero-order valence-corrected chi connectivity index (χ0v) is 10.4. The molecule has 3 nitrogen and oxygen atoms in total. The summed E-state index contributed by atoms with van der Waals surface area (Å²) in [6.07, 6.45) is 6.27. The van der Waals surface area contributed by atoms with E-state index in [9.17, 15) is 9.59 Å². The van der Waals surface area contributed by atoms with Gasteiger partial charge in [0.15, 0.2) is 0 Å². The van der Waals surface area contributed by atoms with Gasteiger partial charge in [0.25, 0.3) is 0 Å². The van der Waals surface area contributed by atoms with Gasteiger partial charge in [0, 0.05) is 18.9 Å². The molecule has 90 valence electrons. The van der Waals surface area contributed by atoms with E-state index < -0.39 is 0 Å². The van der Waals surface area contributed by atoms with E-state index in [1.165, 1.54) is 0 Å². The Morgan fingerprint density at radius 1 is 1.31 bits per heavy atom. The van der Waals surface area contributed by atoms with Gasteiger partial charge in [0.1, 0.15) is 5.78 Å². The molecule has 1 fully saturated rings. The first-order chi connectivity index (χ1) is 7.37. The van der Waals surface area contributed by atoms with E-state index in [0.717, 1.165) is 12.8 Å². The summed E-state index contributed by atoms with van der Waals surface area (Å²) in [5, 5.41) is 2.93. The van der Waals surface area contributed by atoms with Crippen LogP contribution in [0.4, 0.5) is 0 Å². The topological polar surface area (TPSA) is 46.2 Å². The molecule has 1 aliphatic carbocycles. The summed E-state index contributed by atoms with van der Waals surface area (Å²) in [5.74, 6) is 0.269. The van der Waals surface area contributed by atoms with E-state index >= 15 is 0 Å². The first kappa shape index (κ1) is 12.9. The van der Waals surface area contributed by atoms with Crippen LogP contribution in [-0.2, 0) is 9.59 Å². The summed E-state index contributed by atoms with van der Waals surface area (Å²) < 4.78 is 0. The lowest BCUT2D eigenvalue weighted by molar-refractivity contribution is -0.122. The van der Waals surface area contributed by atoms with Crippen molar-refractivity contribution in [3.05, 3.63) is 12.2 Å². The zero-order valence-electron chi connectivity index (χ0n) is 10.4. The molecular weight excluding hydrogens is 202 g/mol. The number of amides is 1. The second kappa shape index (κ2) is 5.28. The van der Waals surface area contributed by atoms with E-state index in [1.807, 2.05) is 6.08 Å². The van der Waals surface area contributed by atoms with Crippen LogP contribution in [-0.4, -0.2) is 17.7 Å². The van der Waals surface area contributed by atoms with Crippen molar-refractivity contribution in [2.45, 2.75) is 52.5 Å². The van der Waals surface area contributed by atoms with Crippen molar-refractivity contribution in [1.29, 1.82) is 0 Å². The average molecular weight is 223 g/mol. The van der Waals surface area contributed by atoms with Crippen molar-refractivity contribution < 1.29 is 9.59 Å². The predicted molar refractivity (Wildman–Crippen MR) is 64.0 cm³/mol. The molecule has 3 heteroatoms. The minimum atomic E-state index is -0.0470. The Balaban J connectivity index is 2.35. The molecule has 0 aromatic carbocycles. The summed E-state index contributed by atoms with van der Waals surface area (Å²) in [7, 11) is 0. The third-order valence-corrected chi connectivity index (χ3v) is 2.62. The maximum Gasteiger partial charge on any atom is 0.243 e. The highest BCUT2D eigenvalue weighted by atomic mass is 16.1. The van der Waals surface area contributed by atoms with Crippen molar-refractivity contribution >= 4 is 11.7 Å². The number of hydrogen-bond acceptors (Lipinski definition) is 2. The van der Waals surface area contributed by atoms with Crippen molar-refractivity contribution in [1.82, 2.24) is 5.32 Å². The summed E-state index contributed by atoms with van der Waals surface area (Å²) in [6, 6.07) is 0.176. The number of carbonyl (C=O) groups is 2. The van der Waals surface area contributed by atoms with Crippen LogP contribution in [0, 0.1) is 5.41 Å². The molecule has 0 spiro atoms. The van der Waals surface area contributed by atoms with Gasteiger partial charge in [-0.3, -0.25) is 9.59 Å². The van der Waals surface area contributed by atoms with Crippen LogP contribution in [0.1, 0.15) is 46.5 Å². The van der Waals surface area contributed by atoms with E-state index in [-0.39, 0.29) is 17.4 Å². The largest absolute Gasteiger partial charge is 0.350 e. The molecule has 0 aromatic rings. The molecule has 0 radical (unpaired) electrons. The number of hydrogen-bond donors (Lipinski definition) is 1. The molecule has 0 heterocycles. The highest BCUT2D eigenvalue weighted by Crippen LogP contribution is 2.16. The van der Waals surface area contributed by atoms with Gasteiger partial charge in [-0.1, -0.05) is 26.8 Å². The summed E-state index contributed by atoms with van der Waals surface area (Å²) in [5.41, 5.74) is 0.0276. The molecule has 0 bridgehead atoms. The van der Waals surface area contributed by atoms with Crippen molar-refractivity contribution in [3.63, 3.8) is 0 Å². The number of allylic oxidation sites excluding steroid dienone is 1. The van der Waals surface area contributed by atoms with Gasteiger partial charge in [-0.2, -0.15) is 0 Å². The van der Waals surface area contributed by atoms with Crippen LogP contribution in [0.25, 0.3) is 0 Å². The lowest BCUT2D eigenvalue weighted by Gasteiger charge is -2.21. The minimum Gasteiger partial charge on any atom is -0.350 e. The van der Waals surface area contributed by atoms with Crippen LogP contribution in [0.3, 0.4) is 0 Å². The van der Waals surface area contributed by atoms with Crippen molar-refractivity contribution in [3.8, 4) is 0 Å². The van der Waals surface area contributed by atoms with Gasteiger partial charge >= 0.3 is 0 Å². The Hall–Kier alpha value is -1.12. The maximum atomic E-state index is 11.6. The van der Waals surface area contributed by atoms with E-state index in [2.05, 4.69) is 26.1 Å². The summed E-state index contributed by atoms with van der Waals surface area (Å²) in [6.45, 7) is 6.15. The van der Waals surface area contributed by atoms with Crippen LogP contribution >= 0.6 is 0 Å². The van der Waals surface area contributed by atoms with Gasteiger partial charge in [0.05, 0.1) is 0 Å². The van der Waals surface area contributed by atoms with Gasteiger partial charge in [-0.25, -0.2) is 0 Å². The van der Waals surface area contributed by atoms with Crippen molar-refractivity contribution in [2.24, 2.45) is 5.41 Å². The molecule has 1 amide bonds. The number of Topliss-reactive ketones (excluding diaryl/α,β-unsaturated/α-hetero) is 1. The molecule has 0 atom stereocenters. The fraction of sp³-hybridized carbons (Fsp3) is 0.692. The first-order valence-electron chi connectivity index (χ1n) is 5.88. The Bertz CT molecular complexity index is 290.